The summed E-state index contributed by atoms with van der Waals surface area (Å²) in [5.41, 5.74) is 7.04. The predicted molar refractivity (Wildman–Crippen MR) is 69.9 cm³/mol. The maximum atomic E-state index is 12.1. The lowest BCUT2D eigenvalue weighted by molar-refractivity contribution is 0.178. The van der Waals surface area contributed by atoms with Crippen LogP contribution < -0.4 is 11.1 Å². The van der Waals surface area contributed by atoms with E-state index in [0.717, 1.165) is 25.1 Å². The second kappa shape index (κ2) is 4.28. The molecule has 0 radical (unpaired) electrons. The third-order valence-corrected chi connectivity index (χ3v) is 3.31. The number of benzene rings is 1. The van der Waals surface area contributed by atoms with Crippen LogP contribution in [-0.4, -0.2) is 23.0 Å². The molecule has 4 nitrogen and oxygen atoms in total. The third-order valence-electron chi connectivity index (χ3n) is 3.31. The molecule has 0 spiro atoms. The maximum absolute atomic E-state index is 12.1. The second-order valence-corrected chi connectivity index (χ2v) is 5.12. The summed E-state index contributed by atoms with van der Waals surface area (Å²) in [4.78, 5) is 14.0. The van der Waals surface area contributed by atoms with Crippen molar-refractivity contribution in [2.45, 2.75) is 32.2 Å². The highest BCUT2D eigenvalue weighted by molar-refractivity contribution is 5.90. The summed E-state index contributed by atoms with van der Waals surface area (Å²) in [6.07, 6.45) is 2.13. The van der Waals surface area contributed by atoms with Crippen molar-refractivity contribution >= 4 is 17.4 Å². The Balaban J connectivity index is 2.04. The number of hydrogen-bond acceptors (Lipinski definition) is 2. The molecule has 1 saturated heterocycles. The van der Waals surface area contributed by atoms with Gasteiger partial charge < -0.3 is 16.0 Å². The lowest BCUT2D eigenvalue weighted by Gasteiger charge is -2.31. The van der Waals surface area contributed by atoms with Gasteiger partial charge in [-0.1, -0.05) is 0 Å². The van der Waals surface area contributed by atoms with E-state index in [1.165, 1.54) is 0 Å². The van der Waals surface area contributed by atoms with Crippen molar-refractivity contribution in [2.75, 3.05) is 17.6 Å². The van der Waals surface area contributed by atoms with Crippen LogP contribution in [0.25, 0.3) is 0 Å². The van der Waals surface area contributed by atoms with Crippen molar-refractivity contribution in [3.63, 3.8) is 0 Å². The van der Waals surface area contributed by atoms with Gasteiger partial charge in [0.2, 0.25) is 0 Å². The largest absolute Gasteiger partial charge is 0.399 e. The number of urea groups is 1. The Morgan fingerprint density at radius 1 is 1.35 bits per heavy atom. The van der Waals surface area contributed by atoms with Crippen molar-refractivity contribution < 1.29 is 4.79 Å². The summed E-state index contributed by atoms with van der Waals surface area (Å²) in [6, 6.07) is 7.17. The van der Waals surface area contributed by atoms with Crippen LogP contribution in [0.3, 0.4) is 0 Å². The number of hydrogen-bond donors (Lipinski definition) is 2. The topological polar surface area (TPSA) is 58.4 Å². The minimum absolute atomic E-state index is 0.0303. The number of nitrogens with two attached hydrogens (primary N) is 1. The quantitative estimate of drug-likeness (QED) is 0.733. The van der Waals surface area contributed by atoms with E-state index in [4.69, 9.17) is 5.73 Å². The van der Waals surface area contributed by atoms with Gasteiger partial charge in [-0.15, -0.1) is 0 Å². The van der Waals surface area contributed by atoms with Crippen LogP contribution in [0.1, 0.15) is 26.7 Å². The van der Waals surface area contributed by atoms with E-state index < -0.39 is 0 Å². The molecule has 1 fully saturated rings. The zero-order valence-electron chi connectivity index (χ0n) is 10.4. The van der Waals surface area contributed by atoms with Gasteiger partial charge in [0.25, 0.3) is 0 Å². The van der Waals surface area contributed by atoms with Gasteiger partial charge in [0.15, 0.2) is 0 Å². The van der Waals surface area contributed by atoms with Gasteiger partial charge in [0, 0.05) is 23.5 Å². The first kappa shape index (κ1) is 11.8. The zero-order valence-corrected chi connectivity index (χ0v) is 10.4. The minimum atomic E-state index is -0.0438. The highest BCUT2D eigenvalue weighted by Gasteiger charge is 2.35. The van der Waals surface area contributed by atoms with Crippen LogP contribution in [0, 0.1) is 0 Å². The van der Waals surface area contributed by atoms with E-state index >= 15 is 0 Å². The molecule has 2 amide bonds. The number of carbonyl (C=O) groups is 1. The Hall–Kier alpha value is -1.71. The van der Waals surface area contributed by atoms with E-state index in [2.05, 4.69) is 19.2 Å². The van der Waals surface area contributed by atoms with E-state index in [0.29, 0.717) is 5.69 Å². The summed E-state index contributed by atoms with van der Waals surface area (Å²) in [5, 5.41) is 2.90. The number of anilines is 2. The number of nitrogens with zero attached hydrogens (tertiary/aromatic N) is 1. The average molecular weight is 233 g/mol. The first-order valence-corrected chi connectivity index (χ1v) is 5.93. The number of likely N-dealkylation sites (tertiary alicyclic amines) is 1. The van der Waals surface area contributed by atoms with Crippen molar-refractivity contribution in [3.8, 4) is 0 Å². The minimum Gasteiger partial charge on any atom is -0.399 e. The Morgan fingerprint density at radius 2 is 2.00 bits per heavy atom. The summed E-state index contributed by atoms with van der Waals surface area (Å²) < 4.78 is 0. The summed E-state index contributed by atoms with van der Waals surface area (Å²) >= 11 is 0. The van der Waals surface area contributed by atoms with Crippen molar-refractivity contribution in [2.24, 2.45) is 0 Å². The van der Waals surface area contributed by atoms with Gasteiger partial charge >= 0.3 is 6.03 Å². The Kier molecular flexibility index (Phi) is 2.96. The monoisotopic (exact) mass is 233 g/mol. The molecule has 4 heteroatoms. The molecule has 0 atom stereocenters. The average Bonchev–Trinajstić information content (AvgIpc) is 2.61. The molecule has 2 rings (SSSR count). The van der Waals surface area contributed by atoms with E-state index in [1.807, 2.05) is 17.0 Å². The van der Waals surface area contributed by atoms with Crippen LogP contribution in [-0.2, 0) is 0 Å². The van der Waals surface area contributed by atoms with Crippen LogP contribution in [0.4, 0.5) is 16.2 Å². The molecule has 17 heavy (non-hydrogen) atoms. The lowest BCUT2D eigenvalue weighted by Crippen LogP contribution is -2.44. The predicted octanol–water partition coefficient (Wildman–Crippen LogP) is 2.68. The number of amides is 2. The van der Waals surface area contributed by atoms with Crippen LogP contribution in [0.5, 0.6) is 0 Å². The smallest absolute Gasteiger partial charge is 0.322 e. The lowest BCUT2D eigenvalue weighted by atomic mass is 10.0. The molecule has 0 unspecified atom stereocenters. The highest BCUT2D eigenvalue weighted by atomic mass is 16.2. The van der Waals surface area contributed by atoms with Gasteiger partial charge in [0.05, 0.1) is 0 Å². The van der Waals surface area contributed by atoms with Crippen molar-refractivity contribution in [3.05, 3.63) is 24.3 Å². The summed E-state index contributed by atoms with van der Waals surface area (Å²) in [7, 11) is 0. The van der Waals surface area contributed by atoms with Gasteiger partial charge in [0.1, 0.15) is 0 Å². The highest BCUT2D eigenvalue weighted by Crippen LogP contribution is 2.28. The van der Waals surface area contributed by atoms with E-state index in [1.54, 1.807) is 12.1 Å². The summed E-state index contributed by atoms with van der Waals surface area (Å²) in [5.74, 6) is 0. The zero-order chi connectivity index (χ0) is 12.5. The molecule has 1 aromatic rings. The molecule has 3 N–H and O–H groups in total. The van der Waals surface area contributed by atoms with E-state index in [9.17, 15) is 4.79 Å². The molecule has 92 valence electrons. The molecule has 0 bridgehead atoms. The first-order valence-electron chi connectivity index (χ1n) is 5.93. The SMILES string of the molecule is CC1(C)CCCN1C(=O)Nc1ccc(N)cc1. The van der Waals surface area contributed by atoms with Crippen LogP contribution in [0.15, 0.2) is 24.3 Å². The number of rotatable bonds is 1. The molecule has 0 aliphatic carbocycles. The van der Waals surface area contributed by atoms with Gasteiger partial charge in [-0.05, 0) is 51.0 Å². The second-order valence-electron chi connectivity index (χ2n) is 5.12. The van der Waals surface area contributed by atoms with E-state index in [-0.39, 0.29) is 11.6 Å². The molecule has 0 saturated carbocycles. The molecular formula is C13H19N3O. The number of carbonyl (C=O) groups excluding carboxylic acids is 1. The van der Waals surface area contributed by atoms with Gasteiger partial charge in [-0.2, -0.15) is 0 Å². The fourth-order valence-electron chi connectivity index (χ4n) is 2.24. The van der Waals surface area contributed by atoms with Crippen molar-refractivity contribution in [1.82, 2.24) is 4.90 Å². The Labute approximate surface area is 102 Å². The van der Waals surface area contributed by atoms with Crippen molar-refractivity contribution in [1.29, 1.82) is 0 Å². The molecule has 1 aliphatic heterocycles. The molecule has 1 aromatic carbocycles. The number of nitrogens with one attached hydrogen (secondary N) is 1. The Morgan fingerprint density at radius 3 is 2.53 bits per heavy atom. The normalized spacial score (nSPS) is 18.1. The van der Waals surface area contributed by atoms with Crippen LogP contribution in [0.2, 0.25) is 0 Å². The van der Waals surface area contributed by atoms with Gasteiger partial charge in [-0.25, -0.2) is 4.79 Å². The molecule has 0 aromatic heterocycles. The first-order chi connectivity index (χ1) is 7.99. The molecular weight excluding hydrogens is 214 g/mol. The standard InChI is InChI=1S/C13H19N3O/c1-13(2)8-3-9-16(13)12(17)15-11-6-4-10(14)5-7-11/h4-7H,3,8-9,14H2,1-2H3,(H,15,17). The van der Waals surface area contributed by atoms with Crippen LogP contribution >= 0.6 is 0 Å². The Bertz CT molecular complexity index is 411. The molecule has 1 aliphatic rings. The maximum Gasteiger partial charge on any atom is 0.322 e. The fraction of sp³-hybridized carbons (Fsp3) is 0.462. The third kappa shape index (κ3) is 2.52. The number of nitrogen functional groups attached to an aromatic ring is 1. The summed E-state index contributed by atoms with van der Waals surface area (Å²) in [6.45, 7) is 5.03. The fourth-order valence-corrected chi connectivity index (χ4v) is 2.24. The van der Waals surface area contributed by atoms with Gasteiger partial charge in [-0.3, -0.25) is 0 Å². The molecule has 1 heterocycles.